The van der Waals surface area contributed by atoms with Crippen molar-refractivity contribution in [1.29, 1.82) is 0 Å². The summed E-state index contributed by atoms with van der Waals surface area (Å²) in [7, 11) is 0. The van der Waals surface area contributed by atoms with Crippen molar-refractivity contribution < 1.29 is 9.59 Å². The molecule has 1 heterocycles. The van der Waals surface area contributed by atoms with Gasteiger partial charge in [-0.05, 0) is 24.3 Å². The summed E-state index contributed by atoms with van der Waals surface area (Å²) in [6.45, 7) is 4.55. The van der Waals surface area contributed by atoms with Gasteiger partial charge >= 0.3 is 0 Å². The lowest BCUT2D eigenvalue weighted by atomic mass is 10.0. The van der Waals surface area contributed by atoms with Crippen LogP contribution in [-0.2, 0) is 9.59 Å². The zero-order chi connectivity index (χ0) is 17.5. The molecule has 2 rings (SSSR count). The maximum atomic E-state index is 12.7. The van der Waals surface area contributed by atoms with Crippen molar-refractivity contribution in [2.45, 2.75) is 51.6 Å². The van der Waals surface area contributed by atoms with Gasteiger partial charge in [-0.3, -0.25) is 9.59 Å². The van der Waals surface area contributed by atoms with E-state index in [1.807, 2.05) is 36.9 Å². The maximum Gasteiger partial charge on any atom is 0.242 e. The monoisotopic (exact) mass is 367 g/mol. The van der Waals surface area contributed by atoms with Crippen molar-refractivity contribution >= 4 is 24.2 Å². The van der Waals surface area contributed by atoms with E-state index in [4.69, 9.17) is 5.73 Å². The Bertz CT molecular complexity index is 551. The summed E-state index contributed by atoms with van der Waals surface area (Å²) in [6, 6.07) is 9.66. The number of likely N-dealkylation sites (tertiary alicyclic amines) is 1. The predicted molar refractivity (Wildman–Crippen MR) is 102 cm³/mol. The third kappa shape index (κ3) is 6.01. The molecule has 0 bridgehead atoms. The van der Waals surface area contributed by atoms with Gasteiger partial charge in [-0.2, -0.15) is 0 Å². The first-order chi connectivity index (χ1) is 11.5. The highest BCUT2D eigenvalue weighted by Crippen LogP contribution is 2.29. The maximum absolute atomic E-state index is 12.7. The highest BCUT2D eigenvalue weighted by Gasteiger charge is 2.27. The Morgan fingerprint density at radius 3 is 2.52 bits per heavy atom. The minimum Gasteiger partial charge on any atom is -0.346 e. The van der Waals surface area contributed by atoms with Gasteiger partial charge < -0.3 is 16.0 Å². The van der Waals surface area contributed by atoms with Crippen LogP contribution in [0.25, 0.3) is 0 Å². The predicted octanol–water partition coefficient (Wildman–Crippen LogP) is 2.65. The number of nitrogens with one attached hydrogen (secondary N) is 1. The van der Waals surface area contributed by atoms with Crippen LogP contribution in [0.4, 0.5) is 0 Å². The van der Waals surface area contributed by atoms with E-state index in [-0.39, 0.29) is 42.7 Å². The van der Waals surface area contributed by atoms with E-state index in [0.717, 1.165) is 37.8 Å². The number of carbonyl (C=O) groups is 2. The number of halogens is 1. The van der Waals surface area contributed by atoms with Crippen LogP contribution < -0.4 is 11.1 Å². The number of benzene rings is 1. The van der Waals surface area contributed by atoms with Crippen LogP contribution >= 0.6 is 12.4 Å². The van der Waals surface area contributed by atoms with E-state index in [0.29, 0.717) is 0 Å². The number of hydrogen-bond donors (Lipinski definition) is 2. The van der Waals surface area contributed by atoms with Crippen LogP contribution in [0.1, 0.15) is 51.1 Å². The van der Waals surface area contributed by atoms with Gasteiger partial charge in [-0.15, -0.1) is 12.4 Å². The molecule has 6 heteroatoms. The van der Waals surface area contributed by atoms with Crippen LogP contribution in [-0.4, -0.2) is 35.8 Å². The fraction of sp³-hybridized carbons (Fsp3) is 0.579. The molecule has 1 aromatic rings. The van der Waals surface area contributed by atoms with Gasteiger partial charge in [-0.1, -0.05) is 57.0 Å². The zero-order valence-electron chi connectivity index (χ0n) is 15.1. The molecule has 1 aliphatic heterocycles. The molecule has 0 spiro atoms. The first-order valence-electron chi connectivity index (χ1n) is 8.88. The molecule has 5 nitrogen and oxygen atoms in total. The topological polar surface area (TPSA) is 75.4 Å². The number of amides is 2. The first kappa shape index (κ1) is 21.5. The molecular weight excluding hydrogens is 338 g/mol. The molecule has 1 aromatic carbocycles. The molecule has 0 saturated carbocycles. The lowest BCUT2D eigenvalue weighted by Gasteiger charge is -2.31. The fourth-order valence-corrected chi connectivity index (χ4v) is 3.11. The molecule has 0 aliphatic carbocycles. The third-order valence-corrected chi connectivity index (χ3v) is 4.69. The Morgan fingerprint density at radius 1 is 1.20 bits per heavy atom. The van der Waals surface area contributed by atoms with Crippen molar-refractivity contribution in [1.82, 2.24) is 10.2 Å². The summed E-state index contributed by atoms with van der Waals surface area (Å²) in [5, 5.41) is 2.70. The van der Waals surface area contributed by atoms with Gasteiger partial charge in [0, 0.05) is 6.54 Å². The average molecular weight is 368 g/mol. The molecule has 25 heavy (non-hydrogen) atoms. The molecule has 2 atom stereocenters. The summed E-state index contributed by atoms with van der Waals surface area (Å²) in [5.74, 6) is -0.241. The van der Waals surface area contributed by atoms with Crippen LogP contribution in [0.15, 0.2) is 30.3 Å². The number of carbonyl (C=O) groups excluding carboxylic acids is 2. The van der Waals surface area contributed by atoms with Gasteiger partial charge in [0.1, 0.15) is 0 Å². The molecule has 1 aliphatic rings. The van der Waals surface area contributed by atoms with E-state index in [9.17, 15) is 9.59 Å². The number of hydrogen-bond acceptors (Lipinski definition) is 3. The summed E-state index contributed by atoms with van der Waals surface area (Å²) < 4.78 is 0. The SMILES string of the molecule is CC(C)[C@H](N)C(=O)NCC(=O)N1CCCCCC1c1ccccc1.Cl. The molecule has 2 amide bonds. The lowest BCUT2D eigenvalue weighted by Crippen LogP contribution is -2.48. The van der Waals surface area contributed by atoms with Gasteiger partial charge in [-0.25, -0.2) is 0 Å². The smallest absolute Gasteiger partial charge is 0.242 e. The molecule has 0 aromatic heterocycles. The van der Waals surface area contributed by atoms with E-state index in [2.05, 4.69) is 17.4 Å². The second-order valence-corrected chi connectivity index (χ2v) is 6.85. The van der Waals surface area contributed by atoms with Crippen molar-refractivity contribution in [3.8, 4) is 0 Å². The summed E-state index contributed by atoms with van der Waals surface area (Å²) in [6.07, 6.45) is 4.23. The molecule has 1 unspecified atom stereocenters. The van der Waals surface area contributed by atoms with E-state index < -0.39 is 6.04 Å². The molecule has 1 saturated heterocycles. The van der Waals surface area contributed by atoms with Crippen LogP contribution in [0.2, 0.25) is 0 Å². The van der Waals surface area contributed by atoms with Crippen molar-refractivity contribution in [3.05, 3.63) is 35.9 Å². The number of rotatable bonds is 5. The molecule has 3 N–H and O–H groups in total. The van der Waals surface area contributed by atoms with Gasteiger partial charge in [0.05, 0.1) is 18.6 Å². The van der Waals surface area contributed by atoms with Crippen LogP contribution in [0.5, 0.6) is 0 Å². The Kier molecular flexibility index (Phi) is 8.93. The number of nitrogens with two attached hydrogens (primary N) is 1. The Morgan fingerprint density at radius 2 is 1.88 bits per heavy atom. The van der Waals surface area contributed by atoms with Crippen LogP contribution in [0.3, 0.4) is 0 Å². The Labute approximate surface area is 156 Å². The van der Waals surface area contributed by atoms with E-state index in [1.54, 1.807) is 0 Å². The quantitative estimate of drug-likeness (QED) is 0.840. The number of nitrogens with zero attached hydrogens (tertiary/aromatic N) is 1. The summed E-state index contributed by atoms with van der Waals surface area (Å²) in [4.78, 5) is 26.6. The van der Waals surface area contributed by atoms with E-state index >= 15 is 0 Å². The summed E-state index contributed by atoms with van der Waals surface area (Å²) in [5.41, 5.74) is 7.00. The first-order valence-corrected chi connectivity index (χ1v) is 8.88. The molecular formula is C19H30ClN3O2. The fourth-order valence-electron chi connectivity index (χ4n) is 3.11. The highest BCUT2D eigenvalue weighted by atomic mass is 35.5. The van der Waals surface area contributed by atoms with Crippen molar-refractivity contribution in [3.63, 3.8) is 0 Å². The molecule has 140 valence electrons. The van der Waals surface area contributed by atoms with Crippen LogP contribution in [0, 0.1) is 5.92 Å². The van der Waals surface area contributed by atoms with Gasteiger partial charge in [0.15, 0.2) is 0 Å². The minimum atomic E-state index is -0.577. The highest BCUT2D eigenvalue weighted by molar-refractivity contribution is 5.87. The van der Waals surface area contributed by atoms with Crippen molar-refractivity contribution in [2.75, 3.05) is 13.1 Å². The van der Waals surface area contributed by atoms with Gasteiger partial charge in [0.2, 0.25) is 11.8 Å². The largest absolute Gasteiger partial charge is 0.346 e. The Hall–Kier alpha value is -1.59. The average Bonchev–Trinajstić information content (AvgIpc) is 2.85. The zero-order valence-corrected chi connectivity index (χ0v) is 15.9. The second kappa shape index (κ2) is 10.4. The van der Waals surface area contributed by atoms with Crippen molar-refractivity contribution in [2.24, 2.45) is 11.7 Å². The second-order valence-electron chi connectivity index (χ2n) is 6.85. The van der Waals surface area contributed by atoms with E-state index in [1.165, 1.54) is 0 Å². The minimum absolute atomic E-state index is 0. The lowest BCUT2D eigenvalue weighted by molar-refractivity contribution is -0.135. The molecule has 1 fully saturated rings. The third-order valence-electron chi connectivity index (χ3n) is 4.69. The normalized spacial score (nSPS) is 18.9. The van der Waals surface area contributed by atoms with Gasteiger partial charge in [0.25, 0.3) is 0 Å². The Balaban J connectivity index is 0.00000312. The standard InChI is InChI=1S/C19H29N3O2.ClH/c1-14(2)18(20)19(24)21-13-17(23)22-12-8-4-7-11-16(22)15-9-5-3-6-10-15;/h3,5-6,9-10,14,16,18H,4,7-8,11-13,20H2,1-2H3,(H,21,24);1H/t16?,18-;/m0./s1. The molecule has 0 radical (unpaired) electrons. The summed E-state index contributed by atoms with van der Waals surface area (Å²) >= 11 is 0.